The Hall–Kier alpha value is -0.0300. The van der Waals surface area contributed by atoms with Gasteiger partial charge in [-0.3, -0.25) is 4.79 Å². The minimum atomic E-state index is 0. The molecule has 2 aliphatic rings. The first-order valence-corrected chi connectivity index (χ1v) is 7.96. The van der Waals surface area contributed by atoms with Crippen molar-refractivity contribution in [1.29, 1.82) is 0 Å². The molecular formula is C15H31Cl2N3O. The van der Waals surface area contributed by atoms with Crippen LogP contribution in [0.4, 0.5) is 0 Å². The molecule has 1 amide bonds. The number of nitrogens with one attached hydrogen (secondary N) is 2. The fourth-order valence-electron chi connectivity index (χ4n) is 3.57. The Morgan fingerprint density at radius 2 is 1.71 bits per heavy atom. The van der Waals surface area contributed by atoms with E-state index in [0.717, 1.165) is 32.6 Å². The Balaban J connectivity index is 0.00000200. The Bertz CT molecular complexity index is 289. The Kier molecular flexibility index (Phi) is 10.6. The monoisotopic (exact) mass is 339 g/mol. The Morgan fingerprint density at radius 1 is 1.14 bits per heavy atom. The molecule has 2 fully saturated rings. The van der Waals surface area contributed by atoms with Gasteiger partial charge in [0.05, 0.1) is 0 Å². The second-order valence-electron chi connectivity index (χ2n) is 6.06. The number of hydrogen-bond acceptors (Lipinski definition) is 3. The van der Waals surface area contributed by atoms with Crippen molar-refractivity contribution in [3.63, 3.8) is 0 Å². The SMILES string of the molecule is CCN(CC)CCNC(=O)CC1CC2CCC(C1)N2.Cl.Cl. The summed E-state index contributed by atoms with van der Waals surface area (Å²) in [5.41, 5.74) is 0. The van der Waals surface area contributed by atoms with Crippen LogP contribution in [0.2, 0.25) is 0 Å². The molecule has 0 aromatic rings. The van der Waals surface area contributed by atoms with Crippen LogP contribution in [0.25, 0.3) is 0 Å². The van der Waals surface area contributed by atoms with Crippen LogP contribution in [0, 0.1) is 5.92 Å². The van der Waals surface area contributed by atoms with Crippen molar-refractivity contribution in [1.82, 2.24) is 15.5 Å². The predicted molar refractivity (Wildman–Crippen MR) is 92.6 cm³/mol. The largest absolute Gasteiger partial charge is 0.355 e. The third-order valence-electron chi connectivity index (χ3n) is 4.69. The molecule has 21 heavy (non-hydrogen) atoms. The van der Waals surface area contributed by atoms with E-state index in [4.69, 9.17) is 0 Å². The fraction of sp³-hybridized carbons (Fsp3) is 0.933. The van der Waals surface area contributed by atoms with Crippen LogP contribution in [0.15, 0.2) is 0 Å². The molecule has 0 aliphatic carbocycles. The average Bonchev–Trinajstić information content (AvgIpc) is 2.74. The normalized spacial score (nSPS) is 26.9. The van der Waals surface area contributed by atoms with E-state index in [1.165, 1.54) is 25.7 Å². The lowest BCUT2D eigenvalue weighted by molar-refractivity contribution is -0.122. The van der Waals surface area contributed by atoms with Crippen LogP contribution < -0.4 is 10.6 Å². The standard InChI is InChI=1S/C15H29N3O.2ClH/c1-3-18(4-2)8-7-16-15(19)11-12-9-13-5-6-14(10-12)17-13;;/h12-14,17H,3-11H2,1-2H3,(H,16,19);2*1H. The quantitative estimate of drug-likeness (QED) is 0.747. The number of fused-ring (bicyclic) bond motifs is 2. The molecule has 2 saturated heterocycles. The van der Waals surface area contributed by atoms with E-state index < -0.39 is 0 Å². The van der Waals surface area contributed by atoms with Gasteiger partial charge in [0.2, 0.25) is 5.91 Å². The highest BCUT2D eigenvalue weighted by atomic mass is 35.5. The lowest BCUT2D eigenvalue weighted by Gasteiger charge is -2.28. The fourth-order valence-corrected chi connectivity index (χ4v) is 3.57. The van der Waals surface area contributed by atoms with Crippen molar-refractivity contribution in [3.8, 4) is 0 Å². The van der Waals surface area contributed by atoms with E-state index in [9.17, 15) is 4.79 Å². The first-order chi connectivity index (χ1) is 9.21. The molecule has 2 heterocycles. The Morgan fingerprint density at radius 3 is 2.24 bits per heavy atom. The summed E-state index contributed by atoms with van der Waals surface area (Å²) in [5.74, 6) is 0.852. The van der Waals surface area contributed by atoms with E-state index in [1.54, 1.807) is 0 Å². The van der Waals surface area contributed by atoms with Crippen molar-refractivity contribution < 1.29 is 4.79 Å². The van der Waals surface area contributed by atoms with Crippen LogP contribution >= 0.6 is 24.8 Å². The highest BCUT2D eigenvalue weighted by Gasteiger charge is 2.33. The zero-order chi connectivity index (χ0) is 13.7. The molecule has 6 heteroatoms. The number of likely N-dealkylation sites (N-methyl/N-ethyl adjacent to an activating group) is 1. The molecule has 2 N–H and O–H groups in total. The topological polar surface area (TPSA) is 44.4 Å². The molecule has 4 nitrogen and oxygen atoms in total. The van der Waals surface area contributed by atoms with Gasteiger partial charge < -0.3 is 15.5 Å². The number of amides is 1. The lowest BCUT2D eigenvalue weighted by atomic mass is 9.89. The van der Waals surface area contributed by atoms with Gasteiger partial charge in [-0.25, -0.2) is 0 Å². The summed E-state index contributed by atoms with van der Waals surface area (Å²) in [6.45, 7) is 8.20. The van der Waals surface area contributed by atoms with Crippen LogP contribution in [-0.2, 0) is 4.79 Å². The van der Waals surface area contributed by atoms with E-state index >= 15 is 0 Å². The second-order valence-corrected chi connectivity index (χ2v) is 6.06. The van der Waals surface area contributed by atoms with Gasteiger partial charge in [-0.15, -0.1) is 24.8 Å². The summed E-state index contributed by atoms with van der Waals surface area (Å²) in [5, 5.41) is 6.71. The predicted octanol–water partition coefficient (Wildman–Crippen LogP) is 2.21. The van der Waals surface area contributed by atoms with E-state index in [-0.39, 0.29) is 30.7 Å². The van der Waals surface area contributed by atoms with Gasteiger partial charge in [-0.2, -0.15) is 0 Å². The van der Waals surface area contributed by atoms with Crippen LogP contribution in [0.5, 0.6) is 0 Å². The van der Waals surface area contributed by atoms with Crippen molar-refractivity contribution >= 4 is 30.7 Å². The smallest absolute Gasteiger partial charge is 0.220 e. The number of nitrogens with zero attached hydrogens (tertiary/aromatic N) is 1. The molecule has 0 radical (unpaired) electrons. The Labute approximate surface area is 141 Å². The summed E-state index contributed by atoms with van der Waals surface area (Å²) >= 11 is 0. The molecule has 2 aliphatic heterocycles. The first kappa shape index (κ1) is 21.0. The highest BCUT2D eigenvalue weighted by Crippen LogP contribution is 2.32. The van der Waals surface area contributed by atoms with E-state index in [2.05, 4.69) is 29.4 Å². The molecule has 2 atom stereocenters. The number of rotatable bonds is 7. The van der Waals surface area contributed by atoms with Gasteiger partial charge in [-0.05, 0) is 44.7 Å². The van der Waals surface area contributed by atoms with Gasteiger partial charge in [-0.1, -0.05) is 13.8 Å². The average molecular weight is 340 g/mol. The van der Waals surface area contributed by atoms with Gasteiger partial charge in [0.25, 0.3) is 0 Å². The summed E-state index contributed by atoms with van der Waals surface area (Å²) in [6, 6.07) is 1.37. The van der Waals surface area contributed by atoms with Crippen molar-refractivity contribution in [2.24, 2.45) is 5.92 Å². The molecule has 0 saturated carbocycles. The maximum Gasteiger partial charge on any atom is 0.220 e. The van der Waals surface area contributed by atoms with E-state index in [0.29, 0.717) is 18.0 Å². The van der Waals surface area contributed by atoms with Gasteiger partial charge in [0, 0.05) is 31.6 Å². The number of carbonyl (C=O) groups is 1. The summed E-state index contributed by atoms with van der Waals surface area (Å²) in [6.07, 6.45) is 5.74. The van der Waals surface area contributed by atoms with Crippen molar-refractivity contribution in [3.05, 3.63) is 0 Å². The number of piperidine rings is 1. The minimum absolute atomic E-state index is 0. The maximum absolute atomic E-state index is 12.0. The molecule has 2 rings (SSSR count). The van der Waals surface area contributed by atoms with Gasteiger partial charge in [0.15, 0.2) is 0 Å². The minimum Gasteiger partial charge on any atom is -0.355 e. The van der Waals surface area contributed by atoms with Gasteiger partial charge in [0.1, 0.15) is 0 Å². The molecule has 126 valence electrons. The zero-order valence-electron chi connectivity index (χ0n) is 13.3. The summed E-state index contributed by atoms with van der Waals surface area (Å²) < 4.78 is 0. The second kappa shape index (κ2) is 10.7. The van der Waals surface area contributed by atoms with Crippen molar-refractivity contribution in [2.75, 3.05) is 26.2 Å². The molecular weight excluding hydrogens is 309 g/mol. The molecule has 2 bridgehead atoms. The molecule has 0 spiro atoms. The number of halogens is 2. The van der Waals surface area contributed by atoms with Crippen LogP contribution in [-0.4, -0.2) is 49.1 Å². The van der Waals surface area contributed by atoms with Crippen LogP contribution in [0.1, 0.15) is 46.0 Å². The highest BCUT2D eigenvalue weighted by molar-refractivity contribution is 5.85. The molecule has 0 aromatic carbocycles. The van der Waals surface area contributed by atoms with Crippen molar-refractivity contribution in [2.45, 2.75) is 58.0 Å². The number of hydrogen-bond donors (Lipinski definition) is 2. The zero-order valence-corrected chi connectivity index (χ0v) is 14.9. The van der Waals surface area contributed by atoms with E-state index in [1.807, 2.05) is 0 Å². The molecule has 2 unspecified atom stereocenters. The first-order valence-electron chi connectivity index (χ1n) is 7.96. The molecule has 0 aromatic heterocycles. The number of carbonyl (C=O) groups excluding carboxylic acids is 1. The van der Waals surface area contributed by atoms with Crippen LogP contribution in [0.3, 0.4) is 0 Å². The lowest BCUT2D eigenvalue weighted by Crippen LogP contribution is -2.40. The third kappa shape index (κ3) is 6.72. The van der Waals surface area contributed by atoms with Gasteiger partial charge >= 0.3 is 0 Å². The maximum atomic E-state index is 12.0. The summed E-state index contributed by atoms with van der Waals surface area (Å²) in [4.78, 5) is 14.3. The summed E-state index contributed by atoms with van der Waals surface area (Å²) in [7, 11) is 0. The third-order valence-corrected chi connectivity index (χ3v) is 4.69.